The van der Waals surface area contributed by atoms with Crippen LogP contribution in [-0.2, 0) is 42.8 Å². The molecule has 0 bridgehead atoms. The third kappa shape index (κ3) is 30.0. The Morgan fingerprint density at radius 2 is 1.07 bits per heavy atom. The summed E-state index contributed by atoms with van der Waals surface area (Å²) in [6, 6.07) is -2.53. The van der Waals surface area contributed by atoms with Crippen molar-refractivity contribution in [3.8, 4) is 0 Å². The number of carbonyl (C=O) groups is 3. The van der Waals surface area contributed by atoms with E-state index in [4.69, 9.17) is 28.4 Å². The predicted octanol–water partition coefficient (Wildman–Crippen LogP) is 5.67. The first kappa shape index (κ1) is 80.4. The Balaban J connectivity index is 1.60. The van der Waals surface area contributed by atoms with Crippen molar-refractivity contribution in [2.45, 2.75) is 349 Å². The zero-order valence-electron chi connectivity index (χ0n) is 54.0. The molecule has 18 atom stereocenters. The maximum absolute atomic E-state index is 13.5. The number of aliphatic hydroxyl groups excluding tert-OH is 11. The van der Waals surface area contributed by atoms with Gasteiger partial charge in [0.1, 0.15) is 67.1 Å². The Morgan fingerprint density at radius 1 is 0.584 bits per heavy atom. The molecule has 0 aromatic rings. The van der Waals surface area contributed by atoms with Crippen molar-refractivity contribution in [2.75, 3.05) is 26.4 Å². The lowest BCUT2D eigenvalue weighted by molar-refractivity contribution is -0.386. The first-order valence-electron chi connectivity index (χ1n) is 34.2. The minimum atomic E-state index is -3.08. The van der Waals surface area contributed by atoms with Gasteiger partial charge >= 0.3 is 5.97 Å². The van der Waals surface area contributed by atoms with Gasteiger partial charge in [0.15, 0.2) is 12.6 Å². The number of carboxylic acid groups (broad SMARTS) is 1. The lowest BCUT2D eigenvalue weighted by Crippen LogP contribution is -2.70. The average Bonchev–Trinajstić information content (AvgIpc) is 1.83. The monoisotopic (exact) mass is 1280 g/mol. The van der Waals surface area contributed by atoms with Gasteiger partial charge in [0.05, 0.1) is 50.7 Å². The summed E-state index contributed by atoms with van der Waals surface area (Å²) in [5.41, 5.74) is 0. The second-order valence-electron chi connectivity index (χ2n) is 25.1. The molecule has 520 valence electrons. The summed E-state index contributed by atoms with van der Waals surface area (Å²) in [5, 5.41) is 136. The van der Waals surface area contributed by atoms with Gasteiger partial charge in [0.2, 0.25) is 11.8 Å². The van der Waals surface area contributed by atoms with E-state index in [1.165, 1.54) is 122 Å². The third-order valence-corrected chi connectivity index (χ3v) is 17.4. The molecule has 3 fully saturated rings. The topological polar surface area (TPSA) is 373 Å². The van der Waals surface area contributed by atoms with Crippen molar-refractivity contribution in [1.29, 1.82) is 0 Å². The summed E-state index contributed by atoms with van der Waals surface area (Å²) in [7, 11) is 0. The fraction of sp³-hybridized carbons (Fsp3) is 0.894. The minimum absolute atomic E-state index is 0.219. The molecule has 0 spiro atoms. The van der Waals surface area contributed by atoms with Crippen molar-refractivity contribution in [3.63, 3.8) is 0 Å². The lowest BCUT2D eigenvalue weighted by Gasteiger charge is -2.50. The fourth-order valence-electron chi connectivity index (χ4n) is 11.9. The van der Waals surface area contributed by atoms with Crippen LogP contribution < -0.4 is 10.6 Å². The molecule has 0 aromatic carbocycles. The lowest BCUT2D eigenvalue weighted by atomic mass is 9.88. The van der Waals surface area contributed by atoms with Crippen molar-refractivity contribution in [1.82, 2.24) is 10.6 Å². The summed E-state index contributed by atoms with van der Waals surface area (Å²) in [6.07, 6.45) is 16.0. The largest absolute Gasteiger partial charge is 0.477 e. The van der Waals surface area contributed by atoms with Gasteiger partial charge in [-0.1, -0.05) is 205 Å². The molecular weight excluding hydrogens is 1160 g/mol. The molecule has 0 radical (unpaired) electrons. The number of hydrogen-bond acceptors (Lipinski definition) is 20. The van der Waals surface area contributed by atoms with Crippen molar-refractivity contribution >= 4 is 17.8 Å². The maximum Gasteiger partial charge on any atom is 0.364 e. The Kier molecular flexibility index (Phi) is 42.6. The van der Waals surface area contributed by atoms with Gasteiger partial charge in [-0.15, -0.1) is 0 Å². The van der Waals surface area contributed by atoms with Crippen LogP contribution in [0, 0.1) is 0 Å². The first-order valence-corrected chi connectivity index (χ1v) is 34.2. The van der Waals surface area contributed by atoms with E-state index in [2.05, 4.69) is 48.8 Å². The number of carbonyl (C=O) groups excluding carboxylic acids is 2. The molecule has 3 rings (SSSR count). The SMILES string of the molecule is CCCCC/C=C\C=C/CCCCCCCCCCCCC(=O)NC(COC1OC(CO)C(OC2OC(CO)C(O)C(OC3(C(=O)O)CC(O)C(NC(C)=O)C(C(O)C(O)CO)O3)C2O)C(O)C1O)C(O)CCCCCCCCCCCCCCCCCC. The summed E-state index contributed by atoms with van der Waals surface area (Å²) >= 11 is 0. The Labute approximate surface area is 530 Å². The zero-order chi connectivity index (χ0) is 65.4. The average molecular weight is 1280 g/mol. The molecule has 3 saturated heterocycles. The highest BCUT2D eigenvalue weighted by atomic mass is 16.8. The van der Waals surface area contributed by atoms with Gasteiger partial charge in [0, 0.05) is 19.8 Å². The van der Waals surface area contributed by atoms with E-state index in [-0.39, 0.29) is 18.9 Å². The van der Waals surface area contributed by atoms with Crippen LogP contribution in [0.15, 0.2) is 24.3 Å². The summed E-state index contributed by atoms with van der Waals surface area (Å²) in [6.45, 7) is 2.17. The highest BCUT2D eigenvalue weighted by Crippen LogP contribution is 2.39. The predicted molar refractivity (Wildman–Crippen MR) is 334 cm³/mol. The van der Waals surface area contributed by atoms with Crippen LogP contribution in [0.3, 0.4) is 0 Å². The van der Waals surface area contributed by atoms with Gasteiger partial charge in [-0.3, -0.25) is 9.59 Å². The highest BCUT2D eigenvalue weighted by Gasteiger charge is 2.60. The summed E-state index contributed by atoms with van der Waals surface area (Å²) in [4.78, 5) is 38.5. The van der Waals surface area contributed by atoms with E-state index in [9.17, 15) is 75.7 Å². The molecule has 2 amide bonds. The van der Waals surface area contributed by atoms with E-state index in [0.717, 1.165) is 71.1 Å². The highest BCUT2D eigenvalue weighted by molar-refractivity contribution is 5.77. The van der Waals surface area contributed by atoms with Crippen LogP contribution in [-0.4, -0.2) is 215 Å². The minimum Gasteiger partial charge on any atom is -0.477 e. The molecule has 23 nitrogen and oxygen atoms in total. The van der Waals surface area contributed by atoms with Gasteiger partial charge in [-0.2, -0.15) is 0 Å². The summed E-state index contributed by atoms with van der Waals surface area (Å²) in [5.74, 6) is -6.11. The van der Waals surface area contributed by atoms with E-state index in [0.29, 0.717) is 19.3 Å². The zero-order valence-corrected chi connectivity index (χ0v) is 54.0. The van der Waals surface area contributed by atoms with Crippen LogP contribution in [0.25, 0.3) is 0 Å². The number of hydrogen-bond donors (Lipinski definition) is 14. The number of nitrogens with one attached hydrogen (secondary N) is 2. The van der Waals surface area contributed by atoms with Crippen LogP contribution in [0.2, 0.25) is 0 Å². The van der Waals surface area contributed by atoms with E-state index in [1.807, 2.05) is 0 Å². The molecule has 3 aliphatic rings. The molecule has 14 N–H and O–H groups in total. The maximum atomic E-state index is 13.5. The number of amides is 2. The Morgan fingerprint density at radius 3 is 1.57 bits per heavy atom. The first-order chi connectivity index (χ1) is 42.9. The molecule has 18 unspecified atom stereocenters. The molecule has 3 aliphatic heterocycles. The van der Waals surface area contributed by atoms with Crippen molar-refractivity contribution < 1.29 is 104 Å². The standard InChI is InChI=1S/C66H120N2O21/c1-4-6-8-10-12-14-16-18-20-22-23-24-26-28-30-32-34-36-38-40-53(76)68-47(48(73)39-37-35-33-31-29-27-25-21-19-17-15-13-11-9-7-5-2)45-84-63-58(80)57(79)60(52(44-71)86-63)87-64-59(81)62(56(78)51(43-70)85-64)89-66(65(82)83)41-49(74)54(67-46(3)72)61(88-66)55(77)50(75)42-69/h12,14,16,18,47-52,54-64,69-71,73-75,77-81H,4-11,13,15,17,19-45H2,1-3H3,(H,67,72)(H,68,76)(H,82,83)/b14-12-,18-16-. The number of allylic oxidation sites excluding steroid dienone is 4. The van der Waals surface area contributed by atoms with E-state index < -0.39 is 148 Å². The smallest absolute Gasteiger partial charge is 0.364 e. The van der Waals surface area contributed by atoms with Crippen LogP contribution in [0.4, 0.5) is 0 Å². The fourth-order valence-corrected chi connectivity index (χ4v) is 11.9. The molecule has 3 heterocycles. The van der Waals surface area contributed by atoms with Crippen LogP contribution in [0.5, 0.6) is 0 Å². The van der Waals surface area contributed by atoms with E-state index >= 15 is 0 Å². The third-order valence-electron chi connectivity index (χ3n) is 17.4. The Hall–Kier alpha value is -2.79. The normalized spacial score (nSPS) is 28.9. The number of aliphatic carboxylic acids is 1. The van der Waals surface area contributed by atoms with Gasteiger partial charge in [-0.05, 0) is 38.5 Å². The molecule has 23 heteroatoms. The number of aliphatic hydroxyl groups is 11. The van der Waals surface area contributed by atoms with Crippen molar-refractivity contribution in [2.24, 2.45) is 0 Å². The second-order valence-corrected chi connectivity index (χ2v) is 25.1. The number of ether oxygens (including phenoxy) is 6. The van der Waals surface area contributed by atoms with E-state index in [1.54, 1.807) is 0 Å². The quantitative estimate of drug-likeness (QED) is 0.0257. The van der Waals surface area contributed by atoms with Crippen LogP contribution >= 0.6 is 0 Å². The molecule has 0 aliphatic carbocycles. The number of unbranched alkanes of at least 4 members (excludes halogenated alkanes) is 28. The number of rotatable bonds is 51. The van der Waals surface area contributed by atoms with Gasteiger partial charge in [-0.25, -0.2) is 4.79 Å². The molecule has 0 aromatic heterocycles. The van der Waals surface area contributed by atoms with Gasteiger partial charge < -0.3 is 100 Å². The second kappa shape index (κ2) is 47.1. The molecular formula is C66H120N2O21. The number of carboxylic acids is 1. The molecule has 89 heavy (non-hydrogen) atoms. The molecule has 0 saturated carbocycles. The van der Waals surface area contributed by atoms with Gasteiger partial charge in [0.25, 0.3) is 5.79 Å². The van der Waals surface area contributed by atoms with Crippen molar-refractivity contribution in [3.05, 3.63) is 24.3 Å². The van der Waals surface area contributed by atoms with Crippen LogP contribution in [0.1, 0.15) is 239 Å². The Bertz CT molecular complexity index is 1900. The summed E-state index contributed by atoms with van der Waals surface area (Å²) < 4.78 is 34.8.